The maximum atomic E-state index is 12.5. The molecule has 27 heavy (non-hydrogen) atoms. The van der Waals surface area contributed by atoms with Gasteiger partial charge in [-0.1, -0.05) is 24.3 Å². The molecule has 2 atom stereocenters. The Labute approximate surface area is 159 Å². The fourth-order valence-electron chi connectivity index (χ4n) is 3.50. The smallest absolute Gasteiger partial charge is 0.251 e. The second-order valence-corrected chi connectivity index (χ2v) is 7.25. The molecule has 1 aliphatic heterocycles. The average Bonchev–Trinajstić information content (AvgIpc) is 3.13. The first-order valence-electron chi connectivity index (χ1n) is 9.50. The summed E-state index contributed by atoms with van der Waals surface area (Å²) in [5.74, 6) is 0.0405. The topological polar surface area (TPSA) is 68.4 Å². The van der Waals surface area contributed by atoms with Gasteiger partial charge in [0.05, 0.1) is 18.8 Å². The molecule has 1 N–H and O–H groups in total. The Hall–Kier alpha value is -2.24. The third-order valence-electron chi connectivity index (χ3n) is 5.08. The molecule has 1 saturated heterocycles. The monoisotopic (exact) mass is 369 g/mol. The number of rotatable bonds is 7. The fourth-order valence-corrected chi connectivity index (χ4v) is 3.50. The highest BCUT2D eigenvalue weighted by molar-refractivity contribution is 5.96. The van der Waals surface area contributed by atoms with Crippen molar-refractivity contribution in [3.8, 4) is 0 Å². The van der Waals surface area contributed by atoms with E-state index < -0.39 is 0 Å². The van der Waals surface area contributed by atoms with E-state index in [1.54, 1.807) is 0 Å². The highest BCUT2D eigenvalue weighted by Gasteiger charge is 2.20. The van der Waals surface area contributed by atoms with E-state index in [1.165, 1.54) is 0 Å². The van der Waals surface area contributed by atoms with Crippen LogP contribution in [0.15, 0.2) is 35.1 Å². The van der Waals surface area contributed by atoms with Gasteiger partial charge in [0.15, 0.2) is 5.78 Å². The number of ketones is 1. The molecule has 5 nitrogen and oxygen atoms in total. The Morgan fingerprint density at radius 3 is 2.67 bits per heavy atom. The molecule has 1 aliphatic rings. The van der Waals surface area contributed by atoms with Crippen LogP contribution in [0.3, 0.4) is 0 Å². The Balaban J connectivity index is 1.60. The lowest BCUT2D eigenvalue weighted by atomic mass is 9.99. The summed E-state index contributed by atoms with van der Waals surface area (Å²) in [7, 11) is 0. The number of benzene rings is 1. The van der Waals surface area contributed by atoms with Gasteiger partial charge >= 0.3 is 0 Å². The molecule has 2 aromatic rings. The Morgan fingerprint density at radius 1 is 1.30 bits per heavy atom. The molecule has 5 heteroatoms. The predicted octanol–water partition coefficient (Wildman–Crippen LogP) is 3.67. The van der Waals surface area contributed by atoms with Gasteiger partial charge in [0.25, 0.3) is 5.56 Å². The molecule has 0 saturated carbocycles. The molecular weight excluding hydrogens is 342 g/mol. The van der Waals surface area contributed by atoms with E-state index in [-0.39, 0.29) is 23.6 Å². The van der Waals surface area contributed by atoms with Crippen molar-refractivity contribution in [2.75, 3.05) is 13.2 Å². The largest absolute Gasteiger partial charge is 0.379 e. The van der Waals surface area contributed by atoms with E-state index in [4.69, 9.17) is 9.47 Å². The molecule has 1 fully saturated rings. The number of Topliss-reactive ketones (excluding diaryl/α,β-unsaturated/α-hetero) is 1. The van der Waals surface area contributed by atoms with Gasteiger partial charge in [-0.2, -0.15) is 0 Å². The predicted molar refractivity (Wildman–Crippen MR) is 104 cm³/mol. The van der Waals surface area contributed by atoms with Gasteiger partial charge in [-0.25, -0.2) is 0 Å². The number of carbonyl (C=O) groups is 1. The minimum atomic E-state index is -0.0995. The second-order valence-electron chi connectivity index (χ2n) is 7.25. The fraction of sp³-hybridized carbons (Fsp3) is 0.455. The summed E-state index contributed by atoms with van der Waals surface area (Å²) in [5, 5.41) is 0. The number of H-pyrrole nitrogens is 1. The summed E-state index contributed by atoms with van der Waals surface area (Å²) < 4.78 is 11.3. The van der Waals surface area contributed by atoms with E-state index in [2.05, 4.69) is 4.98 Å². The maximum absolute atomic E-state index is 12.5. The first kappa shape index (κ1) is 19.5. The molecule has 3 rings (SSSR count). The van der Waals surface area contributed by atoms with Crippen LogP contribution in [0.5, 0.6) is 0 Å². The van der Waals surface area contributed by atoms with Crippen LogP contribution in [0.4, 0.5) is 0 Å². The van der Waals surface area contributed by atoms with E-state index in [0.717, 1.165) is 29.8 Å². The summed E-state index contributed by atoms with van der Waals surface area (Å²) in [6.45, 7) is 7.19. The summed E-state index contributed by atoms with van der Waals surface area (Å²) in [6, 6.07) is 9.51. The first-order chi connectivity index (χ1) is 12.9. The SMILES string of the molecule is Cc1cc(C)c(CCC(=O)c2ccc([C@H](C)O[C@@H]3CCOC3)cc2)c(=O)[nH]1. The Morgan fingerprint density at radius 2 is 2.04 bits per heavy atom. The van der Waals surface area contributed by atoms with E-state index >= 15 is 0 Å². The van der Waals surface area contributed by atoms with Crippen LogP contribution in [0.1, 0.15) is 58.6 Å². The molecule has 1 aromatic carbocycles. The minimum Gasteiger partial charge on any atom is -0.379 e. The van der Waals surface area contributed by atoms with Crippen LogP contribution < -0.4 is 5.56 Å². The van der Waals surface area contributed by atoms with E-state index in [0.29, 0.717) is 30.6 Å². The van der Waals surface area contributed by atoms with Crippen molar-refractivity contribution in [1.29, 1.82) is 0 Å². The van der Waals surface area contributed by atoms with Crippen LogP contribution >= 0.6 is 0 Å². The van der Waals surface area contributed by atoms with Crippen LogP contribution in [0, 0.1) is 13.8 Å². The number of ether oxygens (including phenoxy) is 2. The van der Waals surface area contributed by atoms with Crippen molar-refractivity contribution in [2.45, 2.75) is 52.2 Å². The Bertz CT molecular complexity index is 848. The number of hydrogen-bond acceptors (Lipinski definition) is 4. The number of aryl methyl sites for hydroxylation is 2. The molecule has 144 valence electrons. The zero-order valence-electron chi connectivity index (χ0n) is 16.2. The number of aromatic nitrogens is 1. The van der Waals surface area contributed by atoms with Crippen molar-refractivity contribution in [3.63, 3.8) is 0 Å². The maximum Gasteiger partial charge on any atom is 0.251 e. The highest BCUT2D eigenvalue weighted by atomic mass is 16.5. The summed E-state index contributed by atoms with van der Waals surface area (Å²) >= 11 is 0. The molecule has 1 aromatic heterocycles. The quantitative estimate of drug-likeness (QED) is 0.756. The zero-order chi connectivity index (χ0) is 19.4. The highest BCUT2D eigenvalue weighted by Crippen LogP contribution is 2.22. The molecule has 0 bridgehead atoms. The molecule has 0 spiro atoms. The van der Waals surface area contributed by atoms with Crippen LogP contribution in [-0.2, 0) is 15.9 Å². The molecule has 0 radical (unpaired) electrons. The number of carbonyl (C=O) groups excluding carboxylic acids is 1. The number of aromatic amines is 1. The third-order valence-corrected chi connectivity index (χ3v) is 5.08. The van der Waals surface area contributed by atoms with Gasteiger partial charge in [0, 0.05) is 29.8 Å². The van der Waals surface area contributed by atoms with Crippen LogP contribution in [-0.4, -0.2) is 30.1 Å². The van der Waals surface area contributed by atoms with Gasteiger partial charge in [-0.05, 0) is 50.8 Å². The lowest BCUT2D eigenvalue weighted by Gasteiger charge is -2.18. The number of hydrogen-bond donors (Lipinski definition) is 1. The first-order valence-corrected chi connectivity index (χ1v) is 9.50. The normalized spacial score (nSPS) is 17.8. The second kappa shape index (κ2) is 8.63. The molecule has 0 amide bonds. The summed E-state index contributed by atoms with van der Waals surface area (Å²) in [4.78, 5) is 27.4. The van der Waals surface area contributed by atoms with Crippen molar-refractivity contribution in [1.82, 2.24) is 4.98 Å². The molecule has 0 unspecified atom stereocenters. The lowest BCUT2D eigenvalue weighted by molar-refractivity contribution is -0.00767. The minimum absolute atomic E-state index is 0.0328. The average molecular weight is 369 g/mol. The number of nitrogens with one attached hydrogen (secondary N) is 1. The van der Waals surface area contributed by atoms with Crippen molar-refractivity contribution < 1.29 is 14.3 Å². The van der Waals surface area contributed by atoms with Crippen molar-refractivity contribution in [2.24, 2.45) is 0 Å². The van der Waals surface area contributed by atoms with Crippen LogP contribution in [0.2, 0.25) is 0 Å². The van der Waals surface area contributed by atoms with Crippen molar-refractivity contribution in [3.05, 3.63) is 68.6 Å². The van der Waals surface area contributed by atoms with Crippen molar-refractivity contribution >= 4 is 5.78 Å². The van der Waals surface area contributed by atoms with Gasteiger partial charge in [-0.3, -0.25) is 9.59 Å². The van der Waals surface area contributed by atoms with Gasteiger partial charge in [0.1, 0.15) is 0 Å². The van der Waals surface area contributed by atoms with Gasteiger partial charge < -0.3 is 14.5 Å². The van der Waals surface area contributed by atoms with Gasteiger partial charge in [0.2, 0.25) is 0 Å². The standard InChI is InChI=1S/C22H27NO4/c1-14-12-15(2)23-22(25)20(14)8-9-21(24)18-6-4-17(5-7-18)16(3)27-19-10-11-26-13-19/h4-7,12,16,19H,8-11,13H2,1-3H3,(H,23,25)/t16-,19+/m0/s1. The Kier molecular flexibility index (Phi) is 6.24. The zero-order valence-corrected chi connectivity index (χ0v) is 16.2. The molecule has 2 heterocycles. The van der Waals surface area contributed by atoms with E-state index in [1.807, 2.05) is 51.1 Å². The summed E-state index contributed by atoms with van der Waals surface area (Å²) in [6.07, 6.45) is 1.81. The van der Waals surface area contributed by atoms with Crippen LogP contribution in [0.25, 0.3) is 0 Å². The summed E-state index contributed by atoms with van der Waals surface area (Å²) in [5.41, 5.74) is 4.06. The van der Waals surface area contributed by atoms with Gasteiger partial charge in [-0.15, -0.1) is 0 Å². The molecular formula is C22H27NO4. The third kappa shape index (κ3) is 4.93. The lowest BCUT2D eigenvalue weighted by Crippen LogP contribution is -2.17. The van der Waals surface area contributed by atoms with E-state index in [9.17, 15) is 9.59 Å². The molecule has 0 aliphatic carbocycles. The number of pyridine rings is 1.